The Balaban J connectivity index is 0.00000181. The lowest BCUT2D eigenvalue weighted by Crippen LogP contribution is -2.37. The Labute approximate surface area is 199 Å². The smallest absolute Gasteiger partial charge is 0.233 e. The average Bonchev–Trinajstić information content (AvgIpc) is 2.80. The molecule has 3 aromatic rings. The number of nitrogens with one attached hydrogen (secondary N) is 2. The Morgan fingerprint density at radius 2 is 1.28 bits per heavy atom. The van der Waals surface area contributed by atoms with Crippen LogP contribution in [0.2, 0.25) is 0 Å². The summed E-state index contributed by atoms with van der Waals surface area (Å²) >= 11 is 0. The van der Waals surface area contributed by atoms with E-state index in [9.17, 15) is 0 Å². The summed E-state index contributed by atoms with van der Waals surface area (Å²) in [6.45, 7) is 2.73. The zero-order valence-corrected chi connectivity index (χ0v) is 19.4. The molecule has 0 radical (unpaired) electrons. The first-order valence-electron chi connectivity index (χ1n) is 9.64. The molecule has 2 aromatic carbocycles. The molecule has 0 atom stereocenters. The molecule has 1 aromatic heterocycles. The van der Waals surface area contributed by atoms with E-state index in [0.29, 0.717) is 31.1 Å². The summed E-state index contributed by atoms with van der Waals surface area (Å²) in [5.74, 6) is 2.95. The number of hydrogen-bond acceptors (Lipinski definition) is 9. The molecule has 4 rings (SSSR count). The highest BCUT2D eigenvalue weighted by molar-refractivity contribution is 5.85. The van der Waals surface area contributed by atoms with Crippen molar-refractivity contribution in [1.29, 1.82) is 0 Å². The number of morpholine rings is 1. The minimum absolute atomic E-state index is 0. The zero-order valence-electron chi connectivity index (χ0n) is 17.8. The molecule has 0 spiro atoms. The summed E-state index contributed by atoms with van der Waals surface area (Å²) in [4.78, 5) is 15.9. The van der Waals surface area contributed by atoms with Crippen LogP contribution in [0, 0.1) is 0 Å². The van der Waals surface area contributed by atoms with Crippen LogP contribution in [0.4, 0.5) is 29.2 Å². The molecule has 0 bridgehead atoms. The molecule has 1 fully saturated rings. The van der Waals surface area contributed by atoms with Gasteiger partial charge in [0.05, 0.1) is 27.4 Å². The van der Waals surface area contributed by atoms with Gasteiger partial charge in [-0.1, -0.05) is 12.1 Å². The van der Waals surface area contributed by atoms with E-state index in [1.807, 2.05) is 48.5 Å². The number of rotatable bonds is 7. The maximum absolute atomic E-state index is 5.45. The van der Waals surface area contributed by atoms with E-state index in [0.717, 1.165) is 36.0 Å². The lowest BCUT2D eigenvalue weighted by Gasteiger charge is -2.27. The first-order valence-corrected chi connectivity index (χ1v) is 9.64. The predicted octanol–water partition coefficient (Wildman–Crippen LogP) is 4.06. The van der Waals surface area contributed by atoms with Gasteiger partial charge in [-0.05, 0) is 24.3 Å². The summed E-state index contributed by atoms with van der Waals surface area (Å²) in [6, 6.07) is 15.2. The number of methoxy groups -OCH3 is 2. The fourth-order valence-corrected chi connectivity index (χ4v) is 3.04. The van der Waals surface area contributed by atoms with Crippen LogP contribution in [-0.2, 0) is 4.74 Å². The highest BCUT2D eigenvalue weighted by Crippen LogP contribution is 2.24. The van der Waals surface area contributed by atoms with E-state index in [2.05, 4.69) is 30.5 Å². The van der Waals surface area contributed by atoms with Crippen molar-refractivity contribution in [2.24, 2.45) is 0 Å². The SMILES string of the molecule is COc1cccc(Nc2nc(Nc3cccc(OC)c3)nc(N3CCOCC3)n2)c1.Cl.Cl. The number of hydrogen-bond donors (Lipinski definition) is 2. The van der Waals surface area contributed by atoms with Crippen molar-refractivity contribution in [3.05, 3.63) is 48.5 Å². The normalized spacial score (nSPS) is 12.8. The minimum atomic E-state index is 0. The second-order valence-corrected chi connectivity index (χ2v) is 6.60. The average molecular weight is 481 g/mol. The molecule has 1 aliphatic rings. The van der Waals surface area contributed by atoms with Gasteiger partial charge in [-0.15, -0.1) is 24.8 Å². The van der Waals surface area contributed by atoms with Crippen LogP contribution >= 0.6 is 24.8 Å². The van der Waals surface area contributed by atoms with Crippen molar-refractivity contribution in [2.75, 3.05) is 56.1 Å². The third-order valence-corrected chi connectivity index (χ3v) is 4.57. The van der Waals surface area contributed by atoms with Crippen molar-refractivity contribution in [3.63, 3.8) is 0 Å². The molecule has 0 amide bonds. The van der Waals surface area contributed by atoms with Crippen molar-refractivity contribution < 1.29 is 14.2 Å². The lowest BCUT2D eigenvalue weighted by molar-refractivity contribution is 0.122. The monoisotopic (exact) mass is 480 g/mol. The molecule has 0 saturated carbocycles. The van der Waals surface area contributed by atoms with E-state index in [-0.39, 0.29) is 24.8 Å². The van der Waals surface area contributed by atoms with Gasteiger partial charge in [0.15, 0.2) is 0 Å². The third kappa shape index (κ3) is 6.49. The number of benzene rings is 2. The van der Waals surface area contributed by atoms with Crippen LogP contribution in [0.5, 0.6) is 11.5 Å². The van der Waals surface area contributed by atoms with Crippen LogP contribution in [-0.4, -0.2) is 55.5 Å². The molecule has 2 N–H and O–H groups in total. The molecule has 9 nitrogen and oxygen atoms in total. The van der Waals surface area contributed by atoms with E-state index >= 15 is 0 Å². The van der Waals surface area contributed by atoms with Gasteiger partial charge >= 0.3 is 0 Å². The van der Waals surface area contributed by atoms with Crippen molar-refractivity contribution in [3.8, 4) is 11.5 Å². The third-order valence-electron chi connectivity index (χ3n) is 4.57. The van der Waals surface area contributed by atoms with Crippen LogP contribution in [0.3, 0.4) is 0 Å². The Bertz CT molecular complexity index is 937. The second kappa shape index (κ2) is 12.1. The van der Waals surface area contributed by atoms with Gasteiger partial charge < -0.3 is 29.7 Å². The number of aromatic nitrogens is 3. The quantitative estimate of drug-likeness (QED) is 0.518. The van der Waals surface area contributed by atoms with E-state index in [4.69, 9.17) is 14.2 Å². The first-order chi connectivity index (χ1) is 14.7. The molecule has 32 heavy (non-hydrogen) atoms. The largest absolute Gasteiger partial charge is 0.497 e. The molecule has 0 aliphatic carbocycles. The number of anilines is 5. The molecule has 0 unspecified atom stereocenters. The maximum atomic E-state index is 5.45. The standard InChI is InChI=1S/C21H24N6O3.2ClH/c1-28-17-7-3-5-15(13-17)22-19-24-20(23-16-6-4-8-18(14-16)29-2)26-21(25-19)27-9-11-30-12-10-27;;/h3-8,13-14H,9-12H2,1-2H3,(H2,22,23,24,25,26);2*1H. The summed E-state index contributed by atoms with van der Waals surface area (Å²) < 4.78 is 16.0. The number of nitrogens with zero attached hydrogens (tertiary/aromatic N) is 4. The van der Waals surface area contributed by atoms with Gasteiger partial charge in [-0.3, -0.25) is 0 Å². The van der Waals surface area contributed by atoms with Crippen molar-refractivity contribution in [2.45, 2.75) is 0 Å². The van der Waals surface area contributed by atoms with Gasteiger partial charge in [0, 0.05) is 36.6 Å². The number of halogens is 2. The van der Waals surface area contributed by atoms with Gasteiger partial charge in [0.25, 0.3) is 0 Å². The van der Waals surface area contributed by atoms with Crippen LogP contribution < -0.4 is 25.0 Å². The molecule has 1 aliphatic heterocycles. The van der Waals surface area contributed by atoms with Crippen molar-refractivity contribution >= 4 is 54.0 Å². The van der Waals surface area contributed by atoms with E-state index in [1.54, 1.807) is 14.2 Å². The fraction of sp³-hybridized carbons (Fsp3) is 0.286. The van der Waals surface area contributed by atoms with Crippen LogP contribution in [0.25, 0.3) is 0 Å². The summed E-state index contributed by atoms with van der Waals surface area (Å²) in [5, 5.41) is 6.48. The Hall–Kier alpha value is -3.01. The summed E-state index contributed by atoms with van der Waals surface area (Å²) in [7, 11) is 3.27. The van der Waals surface area contributed by atoms with Gasteiger partial charge in [-0.25, -0.2) is 0 Å². The topological polar surface area (TPSA) is 93.7 Å². The maximum Gasteiger partial charge on any atom is 0.233 e. The molecule has 1 saturated heterocycles. The minimum Gasteiger partial charge on any atom is -0.497 e. The Morgan fingerprint density at radius 1 is 0.781 bits per heavy atom. The molecular weight excluding hydrogens is 455 g/mol. The van der Waals surface area contributed by atoms with Gasteiger partial charge in [0.2, 0.25) is 17.8 Å². The van der Waals surface area contributed by atoms with Crippen LogP contribution in [0.15, 0.2) is 48.5 Å². The van der Waals surface area contributed by atoms with Gasteiger partial charge in [0.1, 0.15) is 11.5 Å². The molecule has 172 valence electrons. The summed E-state index contributed by atoms with van der Waals surface area (Å²) in [5.41, 5.74) is 1.64. The lowest BCUT2D eigenvalue weighted by atomic mass is 10.3. The second-order valence-electron chi connectivity index (χ2n) is 6.60. The van der Waals surface area contributed by atoms with Crippen LogP contribution in [0.1, 0.15) is 0 Å². The molecular formula is C21H26Cl2N6O3. The number of ether oxygens (including phenoxy) is 3. The first kappa shape index (κ1) is 25.3. The summed E-state index contributed by atoms with van der Waals surface area (Å²) in [6.07, 6.45) is 0. The Morgan fingerprint density at radius 3 is 1.75 bits per heavy atom. The Kier molecular flexibility index (Phi) is 9.58. The zero-order chi connectivity index (χ0) is 20.8. The van der Waals surface area contributed by atoms with Gasteiger partial charge in [-0.2, -0.15) is 15.0 Å². The highest BCUT2D eigenvalue weighted by Gasteiger charge is 2.17. The molecule has 11 heteroatoms. The van der Waals surface area contributed by atoms with Crippen molar-refractivity contribution in [1.82, 2.24) is 15.0 Å². The van der Waals surface area contributed by atoms with E-state index in [1.165, 1.54) is 0 Å². The molecule has 2 heterocycles. The fourth-order valence-electron chi connectivity index (χ4n) is 3.04. The van der Waals surface area contributed by atoms with E-state index < -0.39 is 0 Å². The highest BCUT2D eigenvalue weighted by atomic mass is 35.5. The predicted molar refractivity (Wildman–Crippen MR) is 130 cm³/mol.